The number of rotatable bonds is 3. The van der Waals surface area contributed by atoms with Crippen LogP contribution in [0.15, 0.2) is 22.6 Å². The van der Waals surface area contributed by atoms with E-state index in [9.17, 15) is 0 Å². The van der Waals surface area contributed by atoms with Gasteiger partial charge in [0.2, 0.25) is 0 Å². The minimum absolute atomic E-state index is 0.633. The van der Waals surface area contributed by atoms with E-state index in [0.29, 0.717) is 5.95 Å². The minimum atomic E-state index is 0.633. The number of hydrogen-bond acceptors (Lipinski definition) is 2. The molecule has 0 N–H and O–H groups in total. The summed E-state index contributed by atoms with van der Waals surface area (Å²) in [7, 11) is 1.64. The zero-order chi connectivity index (χ0) is 10.8. The molecule has 2 rings (SSSR count). The second-order valence-corrected chi connectivity index (χ2v) is 3.76. The molecule has 1 heterocycles. The van der Waals surface area contributed by atoms with E-state index in [1.807, 2.05) is 19.1 Å². The Morgan fingerprint density at radius 2 is 2.13 bits per heavy atom. The van der Waals surface area contributed by atoms with Gasteiger partial charge in [0.1, 0.15) is 5.58 Å². The average Bonchev–Trinajstić information content (AvgIpc) is 2.57. The molecule has 2 aromatic rings. The van der Waals surface area contributed by atoms with Crippen molar-refractivity contribution in [2.45, 2.75) is 26.7 Å². The summed E-state index contributed by atoms with van der Waals surface area (Å²) in [6.07, 6.45) is 2.23. The third-order valence-electron chi connectivity index (χ3n) is 2.70. The van der Waals surface area contributed by atoms with Crippen LogP contribution in [0.2, 0.25) is 0 Å². The highest BCUT2D eigenvalue weighted by Gasteiger charge is 2.13. The summed E-state index contributed by atoms with van der Waals surface area (Å²) >= 11 is 0. The monoisotopic (exact) mass is 204 g/mol. The van der Waals surface area contributed by atoms with Crippen LogP contribution in [0.3, 0.4) is 0 Å². The summed E-state index contributed by atoms with van der Waals surface area (Å²) in [5.41, 5.74) is 3.38. The first-order valence-corrected chi connectivity index (χ1v) is 5.33. The van der Waals surface area contributed by atoms with Crippen LogP contribution >= 0.6 is 0 Å². The van der Waals surface area contributed by atoms with Gasteiger partial charge in [0.15, 0.2) is 0 Å². The number of aryl methyl sites for hydroxylation is 2. The first-order chi connectivity index (χ1) is 7.27. The van der Waals surface area contributed by atoms with Gasteiger partial charge in [-0.3, -0.25) is 0 Å². The topological polar surface area (TPSA) is 22.4 Å². The van der Waals surface area contributed by atoms with Crippen molar-refractivity contribution in [1.82, 2.24) is 0 Å². The molecule has 0 saturated heterocycles. The van der Waals surface area contributed by atoms with Crippen LogP contribution in [0.25, 0.3) is 11.0 Å². The minimum Gasteiger partial charge on any atom is -0.468 e. The van der Waals surface area contributed by atoms with Gasteiger partial charge in [0.05, 0.1) is 7.11 Å². The Morgan fingerprint density at radius 3 is 2.80 bits per heavy atom. The molecule has 0 aliphatic heterocycles. The summed E-state index contributed by atoms with van der Waals surface area (Å²) in [6.45, 7) is 4.23. The molecule has 0 atom stereocenters. The fourth-order valence-corrected chi connectivity index (χ4v) is 2.04. The maximum absolute atomic E-state index is 5.61. The molecular weight excluding hydrogens is 188 g/mol. The van der Waals surface area contributed by atoms with E-state index in [0.717, 1.165) is 24.0 Å². The molecule has 2 nitrogen and oxygen atoms in total. The van der Waals surface area contributed by atoms with Gasteiger partial charge in [0.25, 0.3) is 5.95 Å². The maximum atomic E-state index is 5.61. The second kappa shape index (κ2) is 3.97. The first-order valence-electron chi connectivity index (χ1n) is 5.33. The molecule has 0 unspecified atom stereocenters. The number of hydrogen-bond donors (Lipinski definition) is 0. The Labute approximate surface area is 89.8 Å². The largest absolute Gasteiger partial charge is 0.468 e. The second-order valence-electron chi connectivity index (χ2n) is 3.76. The van der Waals surface area contributed by atoms with Crippen molar-refractivity contribution in [2.24, 2.45) is 0 Å². The van der Waals surface area contributed by atoms with Gasteiger partial charge >= 0.3 is 0 Å². The first kappa shape index (κ1) is 10.1. The maximum Gasteiger partial charge on any atom is 0.288 e. The van der Waals surface area contributed by atoms with Crippen molar-refractivity contribution < 1.29 is 9.15 Å². The van der Waals surface area contributed by atoms with Gasteiger partial charge in [0, 0.05) is 10.9 Å². The Bertz CT molecular complexity index is 469. The van der Waals surface area contributed by atoms with Gasteiger partial charge in [-0.25, -0.2) is 0 Å². The lowest BCUT2D eigenvalue weighted by Gasteiger charge is -2.00. The van der Waals surface area contributed by atoms with Crippen molar-refractivity contribution >= 4 is 11.0 Å². The summed E-state index contributed by atoms with van der Waals surface area (Å²) in [6, 6.07) is 6.19. The standard InChI is InChI=1S/C13H16O2/c1-4-6-10-7-5-8-11-12(10)9(2)13(14-3)15-11/h5,7-8H,4,6H2,1-3H3. The lowest BCUT2D eigenvalue weighted by atomic mass is 10.0. The fraction of sp³-hybridized carbons (Fsp3) is 0.385. The van der Waals surface area contributed by atoms with Gasteiger partial charge in [-0.15, -0.1) is 0 Å². The van der Waals surface area contributed by atoms with Gasteiger partial charge in [-0.05, 0) is 25.0 Å². The highest BCUT2D eigenvalue weighted by atomic mass is 16.6. The van der Waals surface area contributed by atoms with Crippen LogP contribution in [-0.2, 0) is 6.42 Å². The van der Waals surface area contributed by atoms with Crippen LogP contribution in [-0.4, -0.2) is 7.11 Å². The Hall–Kier alpha value is -1.44. The van der Waals surface area contributed by atoms with Gasteiger partial charge in [-0.1, -0.05) is 25.5 Å². The zero-order valence-corrected chi connectivity index (χ0v) is 9.46. The highest BCUT2D eigenvalue weighted by Crippen LogP contribution is 2.33. The van der Waals surface area contributed by atoms with Gasteiger partial charge in [-0.2, -0.15) is 0 Å². The molecule has 0 saturated carbocycles. The quantitative estimate of drug-likeness (QED) is 0.760. The smallest absolute Gasteiger partial charge is 0.288 e. The summed E-state index contributed by atoms with van der Waals surface area (Å²) < 4.78 is 10.8. The van der Waals surface area contributed by atoms with E-state index in [2.05, 4.69) is 13.0 Å². The molecule has 0 fully saturated rings. The Balaban J connectivity index is 2.67. The molecule has 1 aromatic heterocycles. The van der Waals surface area contributed by atoms with E-state index in [1.54, 1.807) is 7.11 Å². The van der Waals surface area contributed by atoms with Crippen molar-refractivity contribution in [3.63, 3.8) is 0 Å². The predicted molar refractivity (Wildman–Crippen MR) is 61.5 cm³/mol. The lowest BCUT2D eigenvalue weighted by molar-refractivity contribution is 0.313. The summed E-state index contributed by atoms with van der Waals surface area (Å²) in [5, 5.41) is 1.22. The average molecular weight is 204 g/mol. The van der Waals surface area contributed by atoms with Crippen molar-refractivity contribution in [1.29, 1.82) is 0 Å². The molecule has 1 aromatic carbocycles. The van der Waals surface area contributed by atoms with Gasteiger partial charge < -0.3 is 9.15 Å². The SMILES string of the molecule is CCCc1cccc2oc(OC)c(C)c12. The molecule has 2 heteroatoms. The predicted octanol–water partition coefficient (Wildman–Crippen LogP) is 3.70. The Morgan fingerprint density at radius 1 is 1.33 bits per heavy atom. The molecule has 80 valence electrons. The van der Waals surface area contributed by atoms with Crippen LogP contribution in [0.1, 0.15) is 24.5 Å². The van der Waals surface area contributed by atoms with E-state index in [1.165, 1.54) is 10.9 Å². The summed E-state index contributed by atoms with van der Waals surface area (Å²) in [4.78, 5) is 0. The number of benzene rings is 1. The van der Waals surface area contributed by atoms with E-state index in [4.69, 9.17) is 9.15 Å². The van der Waals surface area contributed by atoms with E-state index >= 15 is 0 Å². The molecule has 0 aliphatic carbocycles. The zero-order valence-electron chi connectivity index (χ0n) is 9.46. The molecular formula is C13H16O2. The highest BCUT2D eigenvalue weighted by molar-refractivity contribution is 5.86. The summed E-state index contributed by atoms with van der Waals surface area (Å²) in [5.74, 6) is 0.633. The van der Waals surface area contributed by atoms with Crippen LogP contribution in [0, 0.1) is 6.92 Å². The van der Waals surface area contributed by atoms with Crippen LogP contribution < -0.4 is 4.74 Å². The van der Waals surface area contributed by atoms with Crippen molar-refractivity contribution in [3.8, 4) is 5.95 Å². The number of ether oxygens (including phenoxy) is 1. The molecule has 0 amide bonds. The van der Waals surface area contributed by atoms with Crippen LogP contribution in [0.5, 0.6) is 5.95 Å². The Kier molecular flexibility index (Phi) is 2.67. The third-order valence-corrected chi connectivity index (χ3v) is 2.70. The molecule has 15 heavy (non-hydrogen) atoms. The molecule has 0 spiro atoms. The third kappa shape index (κ3) is 1.60. The fourth-order valence-electron chi connectivity index (χ4n) is 2.04. The number of fused-ring (bicyclic) bond motifs is 1. The van der Waals surface area contributed by atoms with Crippen LogP contribution in [0.4, 0.5) is 0 Å². The molecule has 0 radical (unpaired) electrons. The molecule has 0 bridgehead atoms. The van der Waals surface area contributed by atoms with E-state index in [-0.39, 0.29) is 0 Å². The normalized spacial score (nSPS) is 10.9. The van der Waals surface area contributed by atoms with Crippen molar-refractivity contribution in [3.05, 3.63) is 29.3 Å². The lowest BCUT2D eigenvalue weighted by Crippen LogP contribution is -1.86. The van der Waals surface area contributed by atoms with Crippen molar-refractivity contribution in [2.75, 3.05) is 7.11 Å². The number of furan rings is 1. The molecule has 0 aliphatic rings. The number of methoxy groups -OCH3 is 1. The van der Waals surface area contributed by atoms with E-state index < -0.39 is 0 Å².